The largest absolute Gasteiger partial charge is 0.381 e. The van der Waals surface area contributed by atoms with Crippen molar-refractivity contribution in [3.8, 4) is 5.69 Å². The highest BCUT2D eigenvalue weighted by molar-refractivity contribution is 6.02. The number of nitrogen functional groups attached to an aromatic ring is 1. The van der Waals surface area contributed by atoms with E-state index in [4.69, 9.17) is 11.5 Å². The second-order valence-corrected chi connectivity index (χ2v) is 9.58. The van der Waals surface area contributed by atoms with E-state index in [9.17, 15) is 9.59 Å². The average molecular weight is 549 g/mol. The number of fused-ring (bicyclic) bond motifs is 2. The maximum atomic E-state index is 13.5. The number of nitrogens with zero attached hydrogens (tertiary/aromatic N) is 5. The van der Waals surface area contributed by atoms with Gasteiger partial charge in [0.05, 0.1) is 17.3 Å². The Morgan fingerprint density at radius 3 is 2.59 bits per heavy atom. The van der Waals surface area contributed by atoms with Crippen LogP contribution in [0.1, 0.15) is 40.1 Å². The van der Waals surface area contributed by atoms with Crippen LogP contribution in [0, 0.1) is 6.92 Å². The average Bonchev–Trinajstić information content (AvgIpc) is 3.49. The molecule has 3 aromatic heterocycles. The summed E-state index contributed by atoms with van der Waals surface area (Å²) in [6, 6.07) is 18.0. The van der Waals surface area contributed by atoms with Gasteiger partial charge in [0.25, 0.3) is 11.5 Å². The summed E-state index contributed by atoms with van der Waals surface area (Å²) in [4.78, 5) is 28.8. The van der Waals surface area contributed by atoms with Gasteiger partial charge in [-0.25, -0.2) is 9.67 Å². The molecule has 6 rings (SSSR count). The highest BCUT2D eigenvalue weighted by Gasteiger charge is 2.20. The van der Waals surface area contributed by atoms with E-state index in [1.165, 1.54) is 4.68 Å². The summed E-state index contributed by atoms with van der Waals surface area (Å²) in [5.41, 5.74) is 14.7. The van der Waals surface area contributed by atoms with Gasteiger partial charge < -0.3 is 21.4 Å². The highest BCUT2D eigenvalue weighted by Crippen LogP contribution is 2.24. The number of hydrogen-bond donors (Lipinski definition) is 3. The van der Waals surface area contributed by atoms with Crippen LogP contribution in [0.5, 0.6) is 0 Å². The number of nitrogens with two attached hydrogens (primary N) is 2. The number of aryl methyl sites for hydroxylation is 2. The van der Waals surface area contributed by atoms with Crippen LogP contribution >= 0.6 is 0 Å². The van der Waals surface area contributed by atoms with Crippen molar-refractivity contribution in [2.24, 2.45) is 12.8 Å². The number of carbonyl (C=O) groups is 1. The molecule has 1 amide bonds. The van der Waals surface area contributed by atoms with Crippen LogP contribution in [-0.4, -0.2) is 36.4 Å². The van der Waals surface area contributed by atoms with Crippen LogP contribution in [0.3, 0.4) is 0 Å². The lowest BCUT2D eigenvalue weighted by Gasteiger charge is -2.14. The fourth-order valence-electron chi connectivity index (χ4n) is 4.83. The molecule has 10 nitrogen and oxygen atoms in total. The second-order valence-electron chi connectivity index (χ2n) is 9.58. The molecule has 0 spiro atoms. The monoisotopic (exact) mass is 548 g/mol. The predicted octanol–water partition coefficient (Wildman–Crippen LogP) is 4.23. The van der Waals surface area contributed by atoms with Crippen LogP contribution in [0.25, 0.3) is 34.8 Å². The first kappa shape index (κ1) is 27.2. The van der Waals surface area contributed by atoms with Crippen LogP contribution in [0.15, 0.2) is 71.7 Å². The maximum Gasteiger partial charge on any atom is 0.263 e. The topological polar surface area (TPSA) is 139 Å². The zero-order valence-corrected chi connectivity index (χ0v) is 23.2. The highest BCUT2D eigenvalue weighted by atomic mass is 16.1. The lowest BCUT2D eigenvalue weighted by molar-refractivity contribution is 0.100. The number of anilines is 2. The van der Waals surface area contributed by atoms with E-state index < -0.39 is 5.91 Å². The van der Waals surface area contributed by atoms with E-state index in [0.717, 1.165) is 45.7 Å². The molecule has 0 saturated heterocycles. The fraction of sp³-hybridized carbons (Fsp3) is 0.161. The summed E-state index contributed by atoms with van der Waals surface area (Å²) in [6.45, 7) is 4.69. The molecule has 0 radical (unpaired) electrons. The Morgan fingerprint density at radius 2 is 1.90 bits per heavy atom. The number of primary amides is 1. The Bertz CT molecular complexity index is 1860. The number of amides is 1. The normalized spacial score (nSPS) is 12.2. The molecule has 41 heavy (non-hydrogen) atoms. The second kappa shape index (κ2) is 11.4. The minimum Gasteiger partial charge on any atom is -0.381 e. The lowest BCUT2D eigenvalue weighted by atomic mass is 10.0. The molecular weight excluding hydrogens is 516 g/mol. The molecule has 0 unspecified atom stereocenters. The molecular formula is C31H32N8O2. The third-order valence-electron chi connectivity index (χ3n) is 7.04. The minimum absolute atomic E-state index is 0.0157. The molecule has 208 valence electrons. The predicted molar refractivity (Wildman–Crippen MR) is 165 cm³/mol. The molecule has 1 aliphatic rings. The van der Waals surface area contributed by atoms with Gasteiger partial charge in [0.1, 0.15) is 17.2 Å². The Labute approximate surface area is 237 Å². The Kier molecular flexibility index (Phi) is 7.55. The van der Waals surface area contributed by atoms with Crippen molar-refractivity contribution in [2.45, 2.75) is 20.3 Å². The van der Waals surface area contributed by atoms with Gasteiger partial charge in [-0.2, -0.15) is 0 Å². The molecule has 0 aliphatic carbocycles. The molecule has 0 atom stereocenters. The summed E-state index contributed by atoms with van der Waals surface area (Å²) in [5, 5.41) is 8.59. The van der Waals surface area contributed by atoms with E-state index in [2.05, 4.69) is 28.4 Å². The summed E-state index contributed by atoms with van der Waals surface area (Å²) in [5.74, 6) is 1.10. The van der Waals surface area contributed by atoms with Crippen LogP contribution < -0.4 is 22.3 Å². The molecule has 0 fully saturated rings. The van der Waals surface area contributed by atoms with Gasteiger partial charge in [-0.3, -0.25) is 14.2 Å². The van der Waals surface area contributed by atoms with Crippen molar-refractivity contribution in [3.63, 3.8) is 0 Å². The van der Waals surface area contributed by atoms with Crippen LogP contribution in [0.2, 0.25) is 0 Å². The quantitative estimate of drug-likeness (QED) is 0.301. The number of pyridine rings is 1. The zero-order chi connectivity index (χ0) is 29.1. The molecule has 1 aliphatic heterocycles. The fourth-order valence-corrected chi connectivity index (χ4v) is 4.83. The Hall–Kier alpha value is -5.38. The van der Waals surface area contributed by atoms with Gasteiger partial charge in [0.2, 0.25) is 0 Å². The van der Waals surface area contributed by atoms with Crippen molar-refractivity contribution in [3.05, 3.63) is 106 Å². The number of nitrogens with one attached hydrogen (secondary N) is 1. The number of aromatic nitrogens is 5. The smallest absolute Gasteiger partial charge is 0.263 e. The van der Waals surface area contributed by atoms with Gasteiger partial charge in [-0.15, -0.1) is 5.10 Å². The molecule has 0 saturated carbocycles. The van der Waals surface area contributed by atoms with Crippen LogP contribution in [0.4, 0.5) is 11.6 Å². The van der Waals surface area contributed by atoms with Gasteiger partial charge in [0.15, 0.2) is 5.82 Å². The first-order chi connectivity index (χ1) is 19.8. The van der Waals surface area contributed by atoms with Crippen molar-refractivity contribution in [2.75, 3.05) is 17.6 Å². The third-order valence-corrected chi connectivity index (χ3v) is 7.04. The zero-order valence-electron chi connectivity index (χ0n) is 23.2. The number of hydrogen-bond acceptors (Lipinski definition) is 6. The van der Waals surface area contributed by atoms with E-state index in [1.54, 1.807) is 6.20 Å². The first-order valence-electron chi connectivity index (χ1n) is 13.3. The standard InChI is InChI=1S/C24H23N3O.C7H9N5O/c1-4-20-15-19-10-8-9-18(13-14-22-16-25-17(2)26(22)3)23(19)24(28)27(20)21-11-6-5-7-12-21;8-5-4(6(9)13)7-10-2-1-3-12(7)11-5/h5-16H,4H2,1-3H3;1,3,10H,2H2,(H2,8,11)(H2,9,13)/b14-13+;. The summed E-state index contributed by atoms with van der Waals surface area (Å²) >= 11 is 0. The number of benzene rings is 2. The van der Waals surface area contributed by atoms with E-state index >= 15 is 0 Å². The SMILES string of the molecule is CCc1cc2cccc(/C=C/c3cnc(C)n3C)c2c(=O)n1-c1ccccc1.NC(=O)c1c(N)nn2c1NCC=C2. The van der Waals surface area contributed by atoms with Gasteiger partial charge >= 0.3 is 0 Å². The number of rotatable bonds is 5. The lowest BCUT2D eigenvalue weighted by Crippen LogP contribution is -2.22. The molecule has 10 heteroatoms. The van der Waals surface area contributed by atoms with Crippen molar-refractivity contribution >= 4 is 46.7 Å². The Morgan fingerprint density at radius 1 is 1.12 bits per heavy atom. The summed E-state index contributed by atoms with van der Waals surface area (Å²) in [7, 11) is 1.99. The van der Waals surface area contributed by atoms with E-state index in [1.807, 2.05) is 96.1 Å². The van der Waals surface area contributed by atoms with E-state index in [0.29, 0.717) is 12.4 Å². The first-order valence-corrected chi connectivity index (χ1v) is 13.3. The molecule has 5 N–H and O–H groups in total. The minimum atomic E-state index is -0.568. The van der Waals surface area contributed by atoms with Gasteiger partial charge in [0, 0.05) is 31.2 Å². The number of para-hydroxylation sites is 1. The van der Waals surface area contributed by atoms with E-state index in [-0.39, 0.29) is 16.9 Å². The van der Waals surface area contributed by atoms with Crippen molar-refractivity contribution in [1.82, 2.24) is 23.9 Å². The van der Waals surface area contributed by atoms with Gasteiger partial charge in [-0.1, -0.05) is 49.4 Å². The van der Waals surface area contributed by atoms with Crippen molar-refractivity contribution in [1.29, 1.82) is 0 Å². The molecule has 2 aromatic carbocycles. The molecule has 0 bridgehead atoms. The molecule has 5 aromatic rings. The Balaban J connectivity index is 0.000000216. The van der Waals surface area contributed by atoms with Gasteiger partial charge in [-0.05, 0) is 54.6 Å². The molecule has 4 heterocycles. The summed E-state index contributed by atoms with van der Waals surface area (Å²) < 4.78 is 5.35. The van der Waals surface area contributed by atoms with Crippen molar-refractivity contribution < 1.29 is 4.79 Å². The number of carbonyl (C=O) groups excluding carboxylic acids is 1. The maximum absolute atomic E-state index is 13.5. The third kappa shape index (κ3) is 5.27. The van der Waals surface area contributed by atoms with Crippen LogP contribution in [-0.2, 0) is 13.5 Å². The number of imidazole rings is 1. The summed E-state index contributed by atoms with van der Waals surface area (Å²) in [6.07, 6.45) is 10.2.